The summed E-state index contributed by atoms with van der Waals surface area (Å²) in [5.41, 5.74) is 1.02. The zero-order chi connectivity index (χ0) is 15.2. The van der Waals surface area contributed by atoms with E-state index < -0.39 is 4.92 Å². The highest BCUT2D eigenvalue weighted by Crippen LogP contribution is 2.15. The van der Waals surface area contributed by atoms with Crippen LogP contribution in [0.1, 0.15) is 16.1 Å². The lowest BCUT2D eigenvalue weighted by molar-refractivity contribution is -0.384. The Morgan fingerprint density at radius 1 is 1.33 bits per heavy atom. The number of hydrogen-bond donors (Lipinski definition) is 1. The summed E-state index contributed by atoms with van der Waals surface area (Å²) >= 11 is 5.74. The van der Waals surface area contributed by atoms with Gasteiger partial charge in [0.25, 0.3) is 11.6 Å². The Labute approximate surface area is 126 Å². The summed E-state index contributed by atoms with van der Waals surface area (Å²) < 4.78 is 0. The molecule has 0 bridgehead atoms. The van der Waals surface area contributed by atoms with Crippen molar-refractivity contribution in [2.75, 3.05) is 12.4 Å². The van der Waals surface area contributed by atoms with Crippen LogP contribution in [0.2, 0.25) is 0 Å². The first-order valence-corrected chi connectivity index (χ1v) is 6.87. The average molecular weight is 308 g/mol. The van der Waals surface area contributed by atoms with Gasteiger partial charge >= 0.3 is 0 Å². The Bertz CT molecular complexity index is 627. The predicted molar refractivity (Wildman–Crippen MR) is 79.3 cm³/mol. The molecule has 2 rings (SSSR count). The van der Waals surface area contributed by atoms with E-state index in [1.54, 1.807) is 4.90 Å². The first-order valence-electron chi connectivity index (χ1n) is 6.34. The number of H-pyrrole nitrogens is 1. The van der Waals surface area contributed by atoms with E-state index in [0.29, 0.717) is 19.0 Å². The second-order valence-electron chi connectivity index (χ2n) is 4.43. The van der Waals surface area contributed by atoms with Gasteiger partial charge in [0, 0.05) is 25.0 Å². The number of rotatable bonds is 6. The van der Waals surface area contributed by atoms with Crippen LogP contribution in [0.5, 0.6) is 0 Å². The SMILES string of the molecule is O=C(c1cc([N+](=O)[O-])c[nH]1)N(CCCl)Cc1ccccc1. The molecule has 7 heteroatoms. The molecular weight excluding hydrogens is 294 g/mol. The number of benzene rings is 1. The Morgan fingerprint density at radius 2 is 2.05 bits per heavy atom. The lowest BCUT2D eigenvalue weighted by atomic mass is 10.2. The van der Waals surface area contributed by atoms with Crippen molar-refractivity contribution < 1.29 is 9.72 Å². The summed E-state index contributed by atoms with van der Waals surface area (Å²) in [5.74, 6) is -0.0194. The van der Waals surface area contributed by atoms with Crippen molar-refractivity contribution in [1.29, 1.82) is 0 Å². The molecule has 0 aliphatic carbocycles. The molecule has 6 nitrogen and oxygen atoms in total. The third kappa shape index (κ3) is 3.82. The highest BCUT2D eigenvalue weighted by atomic mass is 35.5. The smallest absolute Gasteiger partial charge is 0.287 e. The summed E-state index contributed by atoms with van der Waals surface area (Å²) in [7, 11) is 0. The number of carbonyl (C=O) groups excluding carboxylic acids is 1. The molecule has 1 amide bonds. The summed E-state index contributed by atoms with van der Waals surface area (Å²) in [6, 6.07) is 10.7. The highest BCUT2D eigenvalue weighted by molar-refractivity contribution is 6.18. The third-order valence-corrected chi connectivity index (χ3v) is 3.14. The maximum atomic E-state index is 12.4. The fourth-order valence-corrected chi connectivity index (χ4v) is 2.14. The molecule has 0 radical (unpaired) electrons. The van der Waals surface area contributed by atoms with Gasteiger partial charge in [-0.25, -0.2) is 0 Å². The van der Waals surface area contributed by atoms with E-state index in [-0.39, 0.29) is 17.3 Å². The van der Waals surface area contributed by atoms with E-state index in [9.17, 15) is 14.9 Å². The van der Waals surface area contributed by atoms with Crippen LogP contribution in [-0.4, -0.2) is 33.1 Å². The molecule has 1 aromatic heterocycles. The number of nitrogens with zero attached hydrogens (tertiary/aromatic N) is 2. The topological polar surface area (TPSA) is 79.2 Å². The first-order chi connectivity index (χ1) is 10.1. The minimum Gasteiger partial charge on any atom is -0.351 e. The van der Waals surface area contributed by atoms with Crippen LogP contribution in [0, 0.1) is 10.1 Å². The van der Waals surface area contributed by atoms with Crippen molar-refractivity contribution in [3.8, 4) is 0 Å². The molecule has 0 aliphatic heterocycles. The Morgan fingerprint density at radius 3 is 2.62 bits per heavy atom. The molecular formula is C14H14ClN3O3. The zero-order valence-corrected chi connectivity index (χ0v) is 11.9. The van der Waals surface area contributed by atoms with E-state index in [2.05, 4.69) is 4.98 Å². The Kier molecular flexibility index (Phi) is 4.94. The van der Waals surface area contributed by atoms with E-state index in [1.807, 2.05) is 30.3 Å². The third-order valence-electron chi connectivity index (χ3n) is 2.97. The zero-order valence-electron chi connectivity index (χ0n) is 11.2. The number of aromatic amines is 1. The highest BCUT2D eigenvalue weighted by Gasteiger charge is 2.20. The van der Waals surface area contributed by atoms with Gasteiger partial charge in [0.2, 0.25) is 0 Å². The van der Waals surface area contributed by atoms with Crippen molar-refractivity contribution in [3.05, 3.63) is 64.0 Å². The van der Waals surface area contributed by atoms with Crippen LogP contribution >= 0.6 is 11.6 Å². The molecule has 1 N–H and O–H groups in total. The summed E-state index contributed by atoms with van der Waals surface area (Å²) in [4.78, 5) is 26.7. The molecule has 0 atom stereocenters. The lowest BCUT2D eigenvalue weighted by Gasteiger charge is -2.21. The van der Waals surface area contributed by atoms with Gasteiger partial charge in [-0.3, -0.25) is 14.9 Å². The van der Waals surface area contributed by atoms with E-state index in [1.165, 1.54) is 12.3 Å². The molecule has 0 aliphatic rings. The van der Waals surface area contributed by atoms with Gasteiger partial charge in [0.1, 0.15) is 5.69 Å². The van der Waals surface area contributed by atoms with Gasteiger partial charge in [-0.05, 0) is 5.56 Å². The van der Waals surface area contributed by atoms with Crippen LogP contribution in [-0.2, 0) is 6.54 Å². The monoisotopic (exact) mass is 307 g/mol. The van der Waals surface area contributed by atoms with Crippen molar-refractivity contribution >= 4 is 23.2 Å². The quantitative estimate of drug-likeness (QED) is 0.506. The summed E-state index contributed by atoms with van der Waals surface area (Å²) in [6.07, 6.45) is 1.20. The Balaban J connectivity index is 2.16. The lowest BCUT2D eigenvalue weighted by Crippen LogP contribution is -2.32. The molecule has 1 heterocycles. The minimum atomic E-state index is -0.545. The first kappa shape index (κ1) is 15.1. The van der Waals surface area contributed by atoms with Crippen LogP contribution < -0.4 is 0 Å². The molecule has 0 spiro atoms. The largest absolute Gasteiger partial charge is 0.351 e. The minimum absolute atomic E-state index is 0.135. The van der Waals surface area contributed by atoms with Crippen LogP contribution in [0.3, 0.4) is 0 Å². The Hall–Kier alpha value is -2.34. The second kappa shape index (κ2) is 6.90. The molecule has 0 unspecified atom stereocenters. The molecule has 2 aromatic rings. The molecule has 0 saturated carbocycles. The van der Waals surface area contributed by atoms with Crippen LogP contribution in [0.4, 0.5) is 5.69 Å². The van der Waals surface area contributed by atoms with Crippen LogP contribution in [0.25, 0.3) is 0 Å². The fourth-order valence-electron chi connectivity index (χ4n) is 1.94. The van der Waals surface area contributed by atoms with E-state index in [0.717, 1.165) is 5.56 Å². The van der Waals surface area contributed by atoms with Gasteiger partial charge in [0.05, 0.1) is 11.1 Å². The van der Waals surface area contributed by atoms with Crippen molar-refractivity contribution in [2.24, 2.45) is 0 Å². The normalized spacial score (nSPS) is 10.3. The predicted octanol–water partition coefficient (Wildman–Crippen LogP) is 2.80. The standard InChI is InChI=1S/C14H14ClN3O3/c15-6-7-17(10-11-4-2-1-3-5-11)14(19)13-8-12(9-16-13)18(20)21/h1-5,8-9,16H,6-7,10H2. The molecule has 0 fully saturated rings. The van der Waals surface area contributed by atoms with E-state index >= 15 is 0 Å². The maximum Gasteiger partial charge on any atom is 0.287 e. The number of amides is 1. The molecule has 110 valence electrons. The number of alkyl halides is 1. The fraction of sp³-hybridized carbons (Fsp3) is 0.214. The number of carbonyl (C=O) groups is 1. The number of nitro groups is 1. The molecule has 1 aromatic carbocycles. The number of aromatic nitrogens is 1. The second-order valence-corrected chi connectivity index (χ2v) is 4.81. The van der Waals surface area contributed by atoms with Crippen LogP contribution in [0.15, 0.2) is 42.6 Å². The number of hydrogen-bond acceptors (Lipinski definition) is 3. The van der Waals surface area contributed by atoms with Gasteiger partial charge in [-0.2, -0.15) is 0 Å². The van der Waals surface area contributed by atoms with E-state index in [4.69, 9.17) is 11.6 Å². The van der Waals surface area contributed by atoms with Gasteiger partial charge in [-0.15, -0.1) is 11.6 Å². The van der Waals surface area contributed by atoms with Crippen molar-refractivity contribution in [2.45, 2.75) is 6.54 Å². The molecule has 21 heavy (non-hydrogen) atoms. The maximum absolute atomic E-state index is 12.4. The van der Waals surface area contributed by atoms with Gasteiger partial charge in [-0.1, -0.05) is 30.3 Å². The van der Waals surface area contributed by atoms with Gasteiger partial charge in [0.15, 0.2) is 0 Å². The van der Waals surface area contributed by atoms with Gasteiger partial charge < -0.3 is 9.88 Å². The number of nitrogens with one attached hydrogen (secondary N) is 1. The average Bonchev–Trinajstić information content (AvgIpc) is 2.97. The summed E-state index contributed by atoms with van der Waals surface area (Å²) in [6.45, 7) is 0.765. The molecule has 0 saturated heterocycles. The number of halogens is 1. The summed E-state index contributed by atoms with van der Waals surface area (Å²) in [5, 5.41) is 10.7. The van der Waals surface area contributed by atoms with Crippen molar-refractivity contribution in [3.63, 3.8) is 0 Å². The van der Waals surface area contributed by atoms with Crippen molar-refractivity contribution in [1.82, 2.24) is 9.88 Å².